The van der Waals surface area contributed by atoms with E-state index in [0.29, 0.717) is 6.42 Å². The molecule has 5 heteroatoms. The van der Waals surface area contributed by atoms with Crippen LogP contribution in [-0.4, -0.2) is 26.4 Å². The van der Waals surface area contributed by atoms with Crippen LogP contribution in [0.15, 0.2) is 54.7 Å². The average molecular weight is 376 g/mol. The van der Waals surface area contributed by atoms with Crippen LogP contribution in [0.3, 0.4) is 0 Å². The van der Waals surface area contributed by atoms with Gasteiger partial charge in [-0.3, -0.25) is 0 Å². The minimum absolute atomic E-state index is 0.0364. The maximum Gasteiger partial charge on any atom is 0.419 e. The number of carbonyl (C=O) groups excluding carboxylic acids is 1. The number of benzene rings is 2. The van der Waals surface area contributed by atoms with Gasteiger partial charge in [-0.05, 0) is 56.2 Å². The first-order valence-electron chi connectivity index (χ1n) is 9.38. The Hall–Kier alpha value is -3.05. The summed E-state index contributed by atoms with van der Waals surface area (Å²) in [4.78, 5) is 16.3. The van der Waals surface area contributed by atoms with E-state index in [2.05, 4.69) is 11.1 Å². The van der Waals surface area contributed by atoms with Crippen LogP contribution in [0.4, 0.5) is 4.79 Å². The van der Waals surface area contributed by atoms with Crippen molar-refractivity contribution in [2.75, 3.05) is 0 Å². The SMILES string of the molecule is CC(C)(C)OC(=O)n1c(Cc2c[nH]c3ccccc23)cc2cc(CO)ccc21. The zero-order valence-corrected chi connectivity index (χ0v) is 16.3. The molecule has 0 bridgehead atoms. The van der Waals surface area contributed by atoms with Crippen molar-refractivity contribution in [2.45, 2.75) is 39.4 Å². The zero-order valence-electron chi connectivity index (χ0n) is 16.3. The van der Waals surface area contributed by atoms with E-state index in [-0.39, 0.29) is 6.61 Å². The van der Waals surface area contributed by atoms with E-state index in [1.54, 1.807) is 4.57 Å². The van der Waals surface area contributed by atoms with Crippen molar-refractivity contribution < 1.29 is 14.6 Å². The molecule has 4 aromatic rings. The first-order chi connectivity index (χ1) is 13.4. The molecular formula is C23H24N2O3. The van der Waals surface area contributed by atoms with Gasteiger partial charge in [0, 0.05) is 34.6 Å². The van der Waals surface area contributed by atoms with E-state index >= 15 is 0 Å². The van der Waals surface area contributed by atoms with E-state index in [0.717, 1.165) is 38.6 Å². The van der Waals surface area contributed by atoms with Gasteiger partial charge in [0.25, 0.3) is 0 Å². The molecule has 0 amide bonds. The monoisotopic (exact) mass is 376 g/mol. The minimum Gasteiger partial charge on any atom is -0.443 e. The number of hydrogen-bond acceptors (Lipinski definition) is 3. The fourth-order valence-electron chi connectivity index (χ4n) is 3.55. The van der Waals surface area contributed by atoms with Gasteiger partial charge in [-0.2, -0.15) is 0 Å². The molecule has 144 valence electrons. The van der Waals surface area contributed by atoms with Crippen molar-refractivity contribution in [1.29, 1.82) is 0 Å². The third kappa shape index (κ3) is 3.41. The molecule has 0 saturated carbocycles. The lowest BCUT2D eigenvalue weighted by Crippen LogP contribution is -2.28. The number of aromatic nitrogens is 2. The van der Waals surface area contributed by atoms with E-state index < -0.39 is 11.7 Å². The van der Waals surface area contributed by atoms with Gasteiger partial charge < -0.3 is 14.8 Å². The first kappa shape index (κ1) is 18.3. The third-order valence-electron chi connectivity index (χ3n) is 4.75. The molecule has 0 aliphatic carbocycles. The first-order valence-corrected chi connectivity index (χ1v) is 9.38. The molecule has 0 aliphatic rings. The second-order valence-electron chi connectivity index (χ2n) is 8.04. The molecule has 0 radical (unpaired) electrons. The summed E-state index contributed by atoms with van der Waals surface area (Å²) in [5, 5.41) is 11.5. The van der Waals surface area contributed by atoms with Crippen molar-refractivity contribution in [1.82, 2.24) is 9.55 Å². The van der Waals surface area contributed by atoms with Crippen LogP contribution < -0.4 is 0 Å². The number of rotatable bonds is 3. The van der Waals surface area contributed by atoms with E-state index in [1.165, 1.54) is 0 Å². The van der Waals surface area contributed by atoms with Gasteiger partial charge in [0.05, 0.1) is 12.1 Å². The summed E-state index contributed by atoms with van der Waals surface area (Å²) in [7, 11) is 0. The molecule has 0 saturated heterocycles. The van der Waals surface area contributed by atoms with E-state index in [1.807, 2.05) is 69.4 Å². The Morgan fingerprint density at radius 2 is 1.93 bits per heavy atom. The van der Waals surface area contributed by atoms with Crippen LogP contribution in [0.2, 0.25) is 0 Å². The van der Waals surface area contributed by atoms with Crippen molar-refractivity contribution >= 4 is 27.9 Å². The van der Waals surface area contributed by atoms with Gasteiger partial charge in [-0.1, -0.05) is 24.3 Å². The van der Waals surface area contributed by atoms with Crippen LogP contribution in [0, 0.1) is 0 Å². The predicted molar refractivity (Wildman–Crippen MR) is 111 cm³/mol. The van der Waals surface area contributed by atoms with Gasteiger partial charge in [-0.25, -0.2) is 9.36 Å². The molecule has 5 nitrogen and oxygen atoms in total. The Bertz CT molecular complexity index is 1160. The molecular weight excluding hydrogens is 352 g/mol. The van der Waals surface area contributed by atoms with Crippen molar-refractivity contribution in [3.05, 3.63) is 71.5 Å². The molecule has 0 spiro atoms. The molecule has 28 heavy (non-hydrogen) atoms. The number of aromatic amines is 1. The lowest BCUT2D eigenvalue weighted by Gasteiger charge is -2.21. The molecule has 4 rings (SSSR count). The van der Waals surface area contributed by atoms with Crippen molar-refractivity contribution in [3.8, 4) is 0 Å². The fourth-order valence-corrected chi connectivity index (χ4v) is 3.55. The maximum absolute atomic E-state index is 13.0. The molecule has 0 fully saturated rings. The fraction of sp³-hybridized carbons (Fsp3) is 0.261. The molecule has 2 aromatic carbocycles. The predicted octanol–water partition coefficient (Wildman–Crippen LogP) is 4.99. The lowest BCUT2D eigenvalue weighted by atomic mass is 10.1. The number of aliphatic hydroxyl groups excluding tert-OH is 1. The highest BCUT2D eigenvalue weighted by Crippen LogP contribution is 2.27. The van der Waals surface area contributed by atoms with Crippen molar-refractivity contribution in [2.24, 2.45) is 0 Å². The Kier molecular flexibility index (Phi) is 4.47. The maximum atomic E-state index is 13.0. The summed E-state index contributed by atoms with van der Waals surface area (Å²) >= 11 is 0. The molecule has 0 aliphatic heterocycles. The van der Waals surface area contributed by atoms with Crippen molar-refractivity contribution in [3.63, 3.8) is 0 Å². The van der Waals surface area contributed by atoms with Crippen LogP contribution in [0.1, 0.15) is 37.6 Å². The van der Waals surface area contributed by atoms with Gasteiger partial charge in [-0.15, -0.1) is 0 Å². The van der Waals surface area contributed by atoms with E-state index in [4.69, 9.17) is 4.74 Å². The number of aliphatic hydroxyl groups is 1. The highest BCUT2D eigenvalue weighted by molar-refractivity contribution is 5.92. The van der Waals surface area contributed by atoms with Crippen LogP contribution >= 0.6 is 0 Å². The third-order valence-corrected chi connectivity index (χ3v) is 4.75. The average Bonchev–Trinajstić information content (AvgIpc) is 3.21. The molecule has 0 atom stereocenters. The highest BCUT2D eigenvalue weighted by Gasteiger charge is 2.22. The Labute approximate surface area is 163 Å². The van der Waals surface area contributed by atoms with Gasteiger partial charge in [0.1, 0.15) is 5.60 Å². The number of ether oxygens (including phenoxy) is 1. The topological polar surface area (TPSA) is 67.2 Å². The highest BCUT2D eigenvalue weighted by atomic mass is 16.6. The number of fused-ring (bicyclic) bond motifs is 2. The number of H-pyrrole nitrogens is 1. The summed E-state index contributed by atoms with van der Waals surface area (Å²) < 4.78 is 7.30. The minimum atomic E-state index is -0.587. The van der Waals surface area contributed by atoms with Gasteiger partial charge in [0.15, 0.2) is 0 Å². The Balaban J connectivity index is 1.83. The van der Waals surface area contributed by atoms with E-state index in [9.17, 15) is 9.90 Å². The normalized spacial score (nSPS) is 12.0. The lowest BCUT2D eigenvalue weighted by molar-refractivity contribution is 0.0541. The summed E-state index contributed by atoms with van der Waals surface area (Å²) in [6, 6.07) is 15.7. The summed E-state index contributed by atoms with van der Waals surface area (Å²) in [6.07, 6.45) is 2.18. The van der Waals surface area contributed by atoms with Crippen LogP contribution in [0.25, 0.3) is 21.8 Å². The van der Waals surface area contributed by atoms with Gasteiger partial charge >= 0.3 is 6.09 Å². The quantitative estimate of drug-likeness (QED) is 0.529. The summed E-state index contributed by atoms with van der Waals surface area (Å²) in [5.41, 5.74) is 4.04. The number of para-hydroxylation sites is 1. The molecule has 2 N–H and O–H groups in total. The number of hydrogen-bond donors (Lipinski definition) is 2. The summed E-state index contributed by atoms with van der Waals surface area (Å²) in [5.74, 6) is 0. The Morgan fingerprint density at radius 1 is 1.14 bits per heavy atom. The molecule has 0 unspecified atom stereocenters. The second kappa shape index (κ2) is 6.84. The Morgan fingerprint density at radius 3 is 2.68 bits per heavy atom. The molecule has 2 heterocycles. The zero-order chi connectivity index (χ0) is 19.9. The van der Waals surface area contributed by atoms with Crippen LogP contribution in [0.5, 0.6) is 0 Å². The number of nitrogens with zero attached hydrogens (tertiary/aromatic N) is 1. The largest absolute Gasteiger partial charge is 0.443 e. The summed E-state index contributed by atoms with van der Waals surface area (Å²) in [6.45, 7) is 5.55. The molecule has 2 aromatic heterocycles. The number of carbonyl (C=O) groups is 1. The smallest absolute Gasteiger partial charge is 0.419 e. The number of nitrogens with one attached hydrogen (secondary N) is 1. The standard InChI is InChI=1S/C23H24N2O3/c1-23(2,3)28-22(27)25-18(11-16-10-15(14-26)8-9-21(16)25)12-17-13-24-20-7-5-4-6-19(17)20/h4-11,13,24,26H,12,14H2,1-3H3. The van der Waals surface area contributed by atoms with Gasteiger partial charge in [0.2, 0.25) is 0 Å². The van der Waals surface area contributed by atoms with Crippen LogP contribution in [-0.2, 0) is 17.8 Å². The second-order valence-corrected chi connectivity index (χ2v) is 8.04.